The van der Waals surface area contributed by atoms with Gasteiger partial charge in [-0.25, -0.2) is 8.42 Å². The van der Waals surface area contributed by atoms with E-state index in [0.29, 0.717) is 11.3 Å². The molecule has 0 saturated heterocycles. The van der Waals surface area contributed by atoms with Crippen LogP contribution in [-0.2, 0) is 27.7 Å². The van der Waals surface area contributed by atoms with E-state index in [1.165, 1.54) is 11.8 Å². The van der Waals surface area contributed by atoms with Crippen molar-refractivity contribution >= 4 is 44.8 Å². The molecule has 3 aromatic carbocycles. The van der Waals surface area contributed by atoms with Gasteiger partial charge in [-0.15, -0.1) is 10.2 Å². The summed E-state index contributed by atoms with van der Waals surface area (Å²) < 4.78 is 30.9. The smallest absolute Gasteiger partial charge is 0.277 e. The Morgan fingerprint density at radius 1 is 0.943 bits per heavy atom. The number of para-hydroxylation sites is 2. The van der Waals surface area contributed by atoms with Gasteiger partial charge < -0.3 is 4.42 Å². The zero-order valence-corrected chi connectivity index (χ0v) is 20.5. The number of rotatable bonds is 6. The van der Waals surface area contributed by atoms with Gasteiger partial charge >= 0.3 is 0 Å². The Kier molecular flexibility index (Phi) is 6.31. The summed E-state index contributed by atoms with van der Waals surface area (Å²) in [4.78, 5) is 15.2. The van der Waals surface area contributed by atoms with Crippen LogP contribution < -0.4 is 9.62 Å². The average molecular weight is 507 g/mol. The van der Waals surface area contributed by atoms with Gasteiger partial charge in [0.05, 0.1) is 23.4 Å². The number of fused-ring (bicyclic) bond motifs is 2. The summed E-state index contributed by atoms with van der Waals surface area (Å²) >= 11 is 1.18. The maximum absolute atomic E-state index is 13.4. The number of anilines is 3. The summed E-state index contributed by atoms with van der Waals surface area (Å²) in [6, 6.07) is 22.6. The fraction of sp³-hybridized carbons (Fsp3) is 0.160. The first kappa shape index (κ1) is 23.1. The number of nitrogens with one attached hydrogen (secondary N) is 1. The molecular formula is C25H22N4O4S2. The monoisotopic (exact) mass is 506 g/mol. The van der Waals surface area contributed by atoms with E-state index >= 15 is 0 Å². The molecule has 1 aromatic heterocycles. The van der Waals surface area contributed by atoms with Gasteiger partial charge in [-0.3, -0.25) is 14.4 Å². The second-order valence-corrected chi connectivity index (χ2v) is 10.8. The maximum Gasteiger partial charge on any atom is 0.277 e. The molecule has 0 spiro atoms. The zero-order chi connectivity index (χ0) is 24.4. The summed E-state index contributed by atoms with van der Waals surface area (Å²) in [5.41, 5.74) is 5.15. The quantitative estimate of drug-likeness (QED) is 0.379. The van der Waals surface area contributed by atoms with Crippen molar-refractivity contribution in [3.63, 3.8) is 0 Å². The first-order valence-electron chi connectivity index (χ1n) is 10.9. The number of carbonyl (C=O) groups is 1. The topological polar surface area (TPSA) is 105 Å². The fourth-order valence-corrected chi connectivity index (χ4v) is 5.19. The molecule has 1 amide bonds. The van der Waals surface area contributed by atoms with Crippen LogP contribution in [0.3, 0.4) is 0 Å². The molecule has 0 bridgehead atoms. The normalized spacial score (nSPS) is 13.0. The van der Waals surface area contributed by atoms with E-state index in [1.54, 1.807) is 29.2 Å². The lowest BCUT2D eigenvalue weighted by Crippen LogP contribution is -2.28. The third-order valence-electron chi connectivity index (χ3n) is 5.54. The highest BCUT2D eigenvalue weighted by molar-refractivity contribution is 7.99. The molecular weight excluding hydrogens is 484 g/mol. The summed E-state index contributed by atoms with van der Waals surface area (Å²) in [5, 5.41) is 8.41. The van der Waals surface area contributed by atoms with Crippen molar-refractivity contribution in [3.05, 3.63) is 83.9 Å². The molecule has 10 heteroatoms. The van der Waals surface area contributed by atoms with E-state index in [0.717, 1.165) is 41.6 Å². The van der Waals surface area contributed by atoms with Crippen molar-refractivity contribution in [1.29, 1.82) is 0 Å². The Morgan fingerprint density at radius 3 is 2.14 bits per heavy atom. The van der Waals surface area contributed by atoms with Crippen molar-refractivity contribution in [2.45, 2.75) is 18.1 Å². The first-order chi connectivity index (χ1) is 16.9. The van der Waals surface area contributed by atoms with Gasteiger partial charge in [-0.05, 0) is 60.4 Å². The van der Waals surface area contributed by atoms with E-state index in [9.17, 15) is 13.2 Å². The highest BCUT2D eigenvalue weighted by Crippen LogP contribution is 2.37. The summed E-state index contributed by atoms with van der Waals surface area (Å²) in [6.07, 6.45) is 2.83. The Balaban J connectivity index is 1.32. The van der Waals surface area contributed by atoms with Crippen LogP contribution in [0.1, 0.15) is 11.1 Å². The second-order valence-electron chi connectivity index (χ2n) is 8.10. The van der Waals surface area contributed by atoms with E-state index in [4.69, 9.17) is 4.42 Å². The molecule has 178 valence electrons. The predicted molar refractivity (Wildman–Crippen MR) is 136 cm³/mol. The molecule has 0 radical (unpaired) electrons. The number of aryl methyl sites for hydroxylation is 2. The van der Waals surface area contributed by atoms with Crippen LogP contribution in [0, 0.1) is 0 Å². The lowest BCUT2D eigenvalue weighted by atomic mass is 10.0. The lowest BCUT2D eigenvalue weighted by Gasteiger charge is -2.24. The van der Waals surface area contributed by atoms with E-state index < -0.39 is 10.0 Å². The van der Waals surface area contributed by atoms with Gasteiger partial charge in [0.15, 0.2) is 0 Å². The fourth-order valence-electron chi connectivity index (χ4n) is 4.02. The van der Waals surface area contributed by atoms with Crippen LogP contribution in [0.2, 0.25) is 0 Å². The Bertz CT molecular complexity index is 1440. The van der Waals surface area contributed by atoms with E-state index in [2.05, 4.69) is 27.1 Å². The zero-order valence-electron chi connectivity index (χ0n) is 18.8. The Labute approximate surface area is 207 Å². The number of carbonyl (C=O) groups excluding carboxylic acids is 1. The van der Waals surface area contributed by atoms with E-state index in [-0.39, 0.29) is 22.8 Å². The third-order valence-corrected chi connectivity index (χ3v) is 6.95. The van der Waals surface area contributed by atoms with Crippen LogP contribution >= 0.6 is 11.8 Å². The van der Waals surface area contributed by atoms with Crippen LogP contribution in [0.4, 0.5) is 17.1 Å². The second kappa shape index (κ2) is 9.55. The molecule has 5 rings (SSSR count). The first-order valence-corrected chi connectivity index (χ1v) is 13.8. The van der Waals surface area contributed by atoms with Gasteiger partial charge in [-0.2, -0.15) is 0 Å². The number of thioether (sulfide) groups is 1. The molecule has 0 fully saturated rings. The molecule has 8 nitrogen and oxygen atoms in total. The minimum Gasteiger partial charge on any atom is -0.411 e. The Morgan fingerprint density at radius 2 is 1.54 bits per heavy atom. The number of hydrogen-bond donors (Lipinski definition) is 1. The van der Waals surface area contributed by atoms with Crippen molar-refractivity contribution in [3.8, 4) is 11.5 Å². The molecule has 0 unspecified atom stereocenters. The van der Waals surface area contributed by atoms with Crippen molar-refractivity contribution in [2.24, 2.45) is 0 Å². The summed E-state index contributed by atoms with van der Waals surface area (Å²) in [6.45, 7) is 0. The molecule has 4 aromatic rings. The number of amides is 1. The highest BCUT2D eigenvalue weighted by atomic mass is 32.2. The summed E-state index contributed by atoms with van der Waals surface area (Å²) in [5.74, 6) is 0.339. The molecule has 35 heavy (non-hydrogen) atoms. The lowest BCUT2D eigenvalue weighted by molar-refractivity contribution is -0.115. The largest absolute Gasteiger partial charge is 0.411 e. The van der Waals surface area contributed by atoms with Crippen LogP contribution in [0.25, 0.3) is 11.5 Å². The predicted octanol–water partition coefficient (Wildman–Crippen LogP) is 4.66. The van der Waals surface area contributed by atoms with Crippen molar-refractivity contribution in [2.75, 3.05) is 21.6 Å². The molecule has 0 saturated carbocycles. The molecule has 0 aliphatic carbocycles. The number of hydrogen-bond acceptors (Lipinski definition) is 7. The minimum absolute atomic E-state index is 0.0762. The molecule has 2 heterocycles. The average Bonchev–Trinajstić information content (AvgIpc) is 3.24. The molecule has 1 aliphatic rings. The van der Waals surface area contributed by atoms with Gasteiger partial charge in [-0.1, -0.05) is 48.2 Å². The molecule has 1 aliphatic heterocycles. The minimum atomic E-state index is -3.36. The van der Waals surface area contributed by atoms with Crippen LogP contribution in [0.5, 0.6) is 0 Å². The van der Waals surface area contributed by atoms with Gasteiger partial charge in [0.25, 0.3) is 5.22 Å². The maximum atomic E-state index is 13.4. The summed E-state index contributed by atoms with van der Waals surface area (Å²) in [7, 11) is -3.36. The highest BCUT2D eigenvalue weighted by Gasteiger charge is 2.26. The number of aromatic nitrogens is 2. The van der Waals surface area contributed by atoms with Crippen LogP contribution in [0.15, 0.2) is 82.4 Å². The van der Waals surface area contributed by atoms with Gasteiger partial charge in [0.2, 0.25) is 21.8 Å². The van der Waals surface area contributed by atoms with Gasteiger partial charge in [0.1, 0.15) is 0 Å². The van der Waals surface area contributed by atoms with Crippen molar-refractivity contribution < 1.29 is 17.6 Å². The van der Waals surface area contributed by atoms with Crippen molar-refractivity contribution in [1.82, 2.24) is 10.2 Å². The number of nitrogens with zero attached hydrogens (tertiary/aromatic N) is 3. The SMILES string of the molecule is CS(=O)(=O)Nc1ccc(-c2nnc(SCC(=O)N3c4ccccc4CCc4ccccc43)o2)cc1. The standard InChI is InChI=1S/C25H22N4O4S2/c1-35(31,32)28-20-14-12-19(13-15-20)24-26-27-25(33-24)34-16-23(30)29-21-8-4-2-6-17(21)10-11-18-7-3-5-9-22(18)29/h2-9,12-15,28H,10-11,16H2,1H3. The van der Waals surface area contributed by atoms with Crippen LogP contribution in [-0.4, -0.2) is 36.5 Å². The number of benzene rings is 3. The molecule has 0 atom stereocenters. The number of sulfonamides is 1. The molecule has 1 N–H and O–H groups in total. The Hall–Kier alpha value is -3.63. The van der Waals surface area contributed by atoms with E-state index in [1.807, 2.05) is 36.4 Å². The van der Waals surface area contributed by atoms with Gasteiger partial charge in [0, 0.05) is 11.3 Å². The third kappa shape index (κ3) is 5.23.